The SMILES string of the molecule is Cn1cc(-c2cn3nccc3c(-c3cn(C4(CC#N)CC(O)C4)nc3N)n2)cn1. The highest BCUT2D eigenvalue weighted by Crippen LogP contribution is 2.43. The molecular weight excluding hydrogens is 370 g/mol. The second kappa shape index (κ2) is 6.15. The van der Waals surface area contributed by atoms with Crippen LogP contribution >= 0.6 is 0 Å². The number of rotatable bonds is 4. The summed E-state index contributed by atoms with van der Waals surface area (Å²) in [5.41, 5.74) is 9.43. The van der Waals surface area contributed by atoms with E-state index < -0.39 is 11.6 Å². The minimum absolute atomic E-state index is 0.260. The Balaban J connectivity index is 1.66. The average molecular weight is 389 g/mol. The van der Waals surface area contributed by atoms with E-state index in [1.54, 1.807) is 26.3 Å². The smallest absolute Gasteiger partial charge is 0.155 e. The molecule has 0 aliphatic heterocycles. The summed E-state index contributed by atoms with van der Waals surface area (Å²) in [6.07, 6.45) is 9.78. The van der Waals surface area contributed by atoms with Crippen LogP contribution in [-0.4, -0.2) is 45.4 Å². The van der Waals surface area contributed by atoms with Gasteiger partial charge in [0.1, 0.15) is 5.69 Å². The van der Waals surface area contributed by atoms with Crippen molar-refractivity contribution in [2.45, 2.75) is 30.9 Å². The van der Waals surface area contributed by atoms with Gasteiger partial charge in [0.25, 0.3) is 0 Å². The molecule has 0 radical (unpaired) electrons. The van der Waals surface area contributed by atoms with Crippen LogP contribution in [0.1, 0.15) is 19.3 Å². The predicted octanol–water partition coefficient (Wildman–Crippen LogP) is 1.34. The molecule has 1 aliphatic carbocycles. The molecule has 4 aromatic rings. The van der Waals surface area contributed by atoms with E-state index >= 15 is 0 Å². The summed E-state index contributed by atoms with van der Waals surface area (Å²) in [5, 5.41) is 32.1. The van der Waals surface area contributed by atoms with Gasteiger partial charge in [-0.3, -0.25) is 9.36 Å². The van der Waals surface area contributed by atoms with Crippen molar-refractivity contribution in [3.63, 3.8) is 0 Å². The maximum Gasteiger partial charge on any atom is 0.155 e. The molecule has 1 saturated carbocycles. The molecule has 146 valence electrons. The molecule has 0 atom stereocenters. The van der Waals surface area contributed by atoms with Gasteiger partial charge in [0.2, 0.25) is 0 Å². The van der Waals surface area contributed by atoms with Crippen molar-refractivity contribution >= 4 is 11.3 Å². The Bertz CT molecular complexity index is 1250. The van der Waals surface area contributed by atoms with Gasteiger partial charge >= 0.3 is 0 Å². The van der Waals surface area contributed by atoms with Crippen LogP contribution in [0, 0.1) is 11.3 Å². The Hall–Kier alpha value is -3.71. The number of aliphatic hydroxyl groups is 1. The van der Waals surface area contributed by atoms with Gasteiger partial charge in [0, 0.05) is 25.0 Å². The van der Waals surface area contributed by atoms with Gasteiger partial charge in [-0.15, -0.1) is 0 Å². The highest BCUT2D eigenvalue weighted by atomic mass is 16.3. The summed E-state index contributed by atoms with van der Waals surface area (Å²) in [6.45, 7) is 0. The Kier molecular flexibility index (Phi) is 3.69. The molecule has 29 heavy (non-hydrogen) atoms. The first-order valence-electron chi connectivity index (χ1n) is 9.23. The van der Waals surface area contributed by atoms with Gasteiger partial charge in [0.05, 0.1) is 59.5 Å². The number of nitrogen functional groups attached to an aromatic ring is 1. The molecule has 0 bridgehead atoms. The molecule has 0 amide bonds. The van der Waals surface area contributed by atoms with E-state index in [4.69, 9.17) is 10.7 Å². The van der Waals surface area contributed by atoms with Gasteiger partial charge in [0.15, 0.2) is 5.82 Å². The van der Waals surface area contributed by atoms with Crippen LogP contribution in [0.25, 0.3) is 28.0 Å². The number of nitrogens with zero attached hydrogens (tertiary/aromatic N) is 8. The lowest BCUT2D eigenvalue weighted by molar-refractivity contribution is -0.0267. The lowest BCUT2D eigenvalue weighted by Gasteiger charge is -2.43. The van der Waals surface area contributed by atoms with Crippen LogP contribution in [0.5, 0.6) is 0 Å². The van der Waals surface area contributed by atoms with Crippen molar-refractivity contribution in [1.29, 1.82) is 5.26 Å². The summed E-state index contributed by atoms with van der Waals surface area (Å²) >= 11 is 0. The summed E-state index contributed by atoms with van der Waals surface area (Å²) < 4.78 is 5.18. The molecule has 10 nitrogen and oxygen atoms in total. The van der Waals surface area contributed by atoms with Crippen molar-refractivity contribution in [3.05, 3.63) is 37.1 Å². The van der Waals surface area contributed by atoms with E-state index in [9.17, 15) is 10.4 Å². The number of aromatic nitrogens is 7. The van der Waals surface area contributed by atoms with Crippen LogP contribution in [0.3, 0.4) is 0 Å². The minimum Gasteiger partial charge on any atom is -0.393 e. The van der Waals surface area contributed by atoms with Crippen LogP contribution < -0.4 is 5.73 Å². The fraction of sp³-hybridized carbons (Fsp3) is 0.316. The van der Waals surface area contributed by atoms with E-state index in [0.29, 0.717) is 35.6 Å². The van der Waals surface area contributed by atoms with Crippen LogP contribution in [0.4, 0.5) is 5.82 Å². The van der Waals surface area contributed by atoms with Crippen LogP contribution in [-0.2, 0) is 12.6 Å². The Morgan fingerprint density at radius 1 is 1.31 bits per heavy atom. The summed E-state index contributed by atoms with van der Waals surface area (Å²) in [7, 11) is 1.85. The summed E-state index contributed by atoms with van der Waals surface area (Å²) in [4.78, 5) is 4.83. The second-order valence-corrected chi connectivity index (χ2v) is 7.53. The zero-order valence-electron chi connectivity index (χ0n) is 15.8. The quantitative estimate of drug-likeness (QED) is 0.537. The van der Waals surface area contributed by atoms with E-state index in [1.807, 2.05) is 31.7 Å². The zero-order valence-corrected chi connectivity index (χ0v) is 15.8. The molecule has 1 fully saturated rings. The van der Waals surface area contributed by atoms with E-state index in [2.05, 4.69) is 21.4 Å². The van der Waals surface area contributed by atoms with Gasteiger partial charge in [-0.2, -0.15) is 20.6 Å². The normalized spacial score (nSPS) is 21.2. The first kappa shape index (κ1) is 17.4. The molecule has 0 spiro atoms. The van der Waals surface area contributed by atoms with Crippen molar-refractivity contribution in [1.82, 2.24) is 34.2 Å². The van der Waals surface area contributed by atoms with Crippen LogP contribution in [0.2, 0.25) is 0 Å². The van der Waals surface area contributed by atoms with Gasteiger partial charge in [-0.25, -0.2) is 9.50 Å². The number of aryl methyl sites for hydroxylation is 1. The minimum atomic E-state index is -0.530. The number of nitriles is 1. The largest absolute Gasteiger partial charge is 0.393 e. The lowest BCUT2D eigenvalue weighted by Crippen LogP contribution is -2.49. The summed E-state index contributed by atoms with van der Waals surface area (Å²) in [5.74, 6) is 0.322. The fourth-order valence-corrected chi connectivity index (χ4v) is 4.01. The fourth-order valence-electron chi connectivity index (χ4n) is 4.01. The van der Waals surface area contributed by atoms with Gasteiger partial charge < -0.3 is 10.8 Å². The number of aliphatic hydroxyl groups excluding tert-OH is 1. The van der Waals surface area contributed by atoms with Crippen molar-refractivity contribution in [2.75, 3.05) is 5.73 Å². The number of fused-ring (bicyclic) bond motifs is 1. The van der Waals surface area contributed by atoms with Gasteiger partial charge in [-0.1, -0.05) is 0 Å². The standard InChI is InChI=1S/C19H19N9O/c1-26-9-12(8-23-26)15-11-27-16(2-5-22-27)17(24-15)14-10-28(25-18(14)21)19(3-4-20)6-13(29)7-19/h2,5,8-11,13,29H,3,6-7H2,1H3,(H2,21,25). The van der Waals surface area contributed by atoms with Crippen molar-refractivity contribution < 1.29 is 5.11 Å². The first-order chi connectivity index (χ1) is 14.0. The highest BCUT2D eigenvalue weighted by Gasteiger charge is 2.46. The molecule has 1 aliphatic rings. The zero-order chi connectivity index (χ0) is 20.2. The van der Waals surface area contributed by atoms with Crippen LogP contribution in [0.15, 0.2) is 37.1 Å². The molecule has 0 unspecified atom stereocenters. The molecule has 3 N–H and O–H groups in total. The summed E-state index contributed by atoms with van der Waals surface area (Å²) in [6, 6.07) is 4.07. The van der Waals surface area contributed by atoms with Gasteiger partial charge in [-0.05, 0) is 18.9 Å². The molecular formula is C19H19N9O. The van der Waals surface area contributed by atoms with E-state index in [0.717, 1.165) is 11.1 Å². The van der Waals surface area contributed by atoms with Crippen molar-refractivity contribution in [3.8, 4) is 28.6 Å². The Labute approximate surface area is 165 Å². The third-order valence-corrected chi connectivity index (χ3v) is 5.51. The molecule has 4 heterocycles. The maximum atomic E-state index is 9.83. The molecule has 10 heteroatoms. The number of anilines is 1. The number of nitrogens with two attached hydrogens (primary N) is 1. The average Bonchev–Trinajstić information content (AvgIpc) is 3.39. The molecule has 0 aromatic carbocycles. The monoisotopic (exact) mass is 389 g/mol. The predicted molar refractivity (Wildman–Crippen MR) is 104 cm³/mol. The van der Waals surface area contributed by atoms with E-state index in [-0.39, 0.29) is 6.42 Å². The molecule has 5 rings (SSSR count). The van der Waals surface area contributed by atoms with Crippen molar-refractivity contribution in [2.24, 2.45) is 7.05 Å². The Morgan fingerprint density at radius 3 is 2.83 bits per heavy atom. The number of hydrogen-bond acceptors (Lipinski definition) is 7. The Morgan fingerprint density at radius 2 is 2.14 bits per heavy atom. The second-order valence-electron chi connectivity index (χ2n) is 7.53. The van der Waals surface area contributed by atoms with E-state index in [1.165, 1.54) is 0 Å². The highest BCUT2D eigenvalue weighted by molar-refractivity contribution is 5.83. The molecule has 0 saturated heterocycles. The third-order valence-electron chi connectivity index (χ3n) is 5.51. The first-order valence-corrected chi connectivity index (χ1v) is 9.23. The number of hydrogen-bond donors (Lipinski definition) is 2. The molecule has 4 aromatic heterocycles. The topological polar surface area (TPSA) is 136 Å². The third kappa shape index (κ3) is 2.67. The maximum absolute atomic E-state index is 9.83. The lowest BCUT2D eigenvalue weighted by atomic mass is 9.72.